The molecular formula is C19H19Cl2N3O3S. The summed E-state index contributed by atoms with van der Waals surface area (Å²) in [4.78, 5) is 12.4. The monoisotopic (exact) mass is 439 g/mol. The molecule has 6 nitrogen and oxygen atoms in total. The number of carbonyl (C=O) groups is 1. The number of halogens is 2. The number of hydrogen-bond donors (Lipinski definition) is 1. The average molecular weight is 440 g/mol. The Morgan fingerprint density at radius 2 is 1.79 bits per heavy atom. The summed E-state index contributed by atoms with van der Waals surface area (Å²) in [5.41, 5.74) is 3.26. The van der Waals surface area contributed by atoms with Crippen molar-refractivity contribution in [3.05, 3.63) is 63.6 Å². The van der Waals surface area contributed by atoms with E-state index in [4.69, 9.17) is 23.2 Å². The minimum Gasteiger partial charge on any atom is -0.267 e. The number of benzene rings is 2. The van der Waals surface area contributed by atoms with Gasteiger partial charge in [-0.25, -0.2) is 13.8 Å². The molecule has 1 fully saturated rings. The summed E-state index contributed by atoms with van der Waals surface area (Å²) in [6.45, 7) is 1.01. The van der Waals surface area contributed by atoms with E-state index in [9.17, 15) is 13.2 Å². The molecule has 0 saturated carbocycles. The highest BCUT2D eigenvalue weighted by Crippen LogP contribution is 2.22. The van der Waals surface area contributed by atoms with E-state index in [1.165, 1.54) is 22.7 Å². The van der Waals surface area contributed by atoms with Crippen molar-refractivity contribution in [2.45, 2.75) is 24.2 Å². The zero-order valence-corrected chi connectivity index (χ0v) is 17.3. The third kappa shape index (κ3) is 4.91. The van der Waals surface area contributed by atoms with Gasteiger partial charge < -0.3 is 0 Å². The van der Waals surface area contributed by atoms with E-state index >= 15 is 0 Å². The number of hydrazone groups is 1. The molecule has 0 aliphatic carbocycles. The van der Waals surface area contributed by atoms with Gasteiger partial charge in [0, 0.05) is 18.7 Å². The molecule has 0 unspecified atom stereocenters. The van der Waals surface area contributed by atoms with Gasteiger partial charge in [0.15, 0.2) is 0 Å². The molecule has 0 aromatic heterocycles. The predicted octanol–water partition coefficient (Wildman–Crippen LogP) is 3.93. The first-order valence-electron chi connectivity index (χ1n) is 8.76. The molecule has 0 atom stereocenters. The number of piperidine rings is 1. The quantitative estimate of drug-likeness (QED) is 0.565. The molecule has 28 heavy (non-hydrogen) atoms. The van der Waals surface area contributed by atoms with E-state index < -0.39 is 15.9 Å². The second kappa shape index (κ2) is 9.05. The van der Waals surface area contributed by atoms with Gasteiger partial charge in [0.25, 0.3) is 5.91 Å². The van der Waals surface area contributed by atoms with E-state index in [1.807, 2.05) is 0 Å². The van der Waals surface area contributed by atoms with Crippen LogP contribution in [0.25, 0.3) is 0 Å². The van der Waals surface area contributed by atoms with Gasteiger partial charge >= 0.3 is 0 Å². The lowest BCUT2D eigenvalue weighted by Gasteiger charge is -2.25. The maximum Gasteiger partial charge on any atom is 0.271 e. The van der Waals surface area contributed by atoms with Crippen LogP contribution in [0.2, 0.25) is 10.0 Å². The smallest absolute Gasteiger partial charge is 0.267 e. The fourth-order valence-corrected chi connectivity index (χ4v) is 4.74. The molecule has 148 valence electrons. The van der Waals surface area contributed by atoms with Crippen LogP contribution in [0, 0.1) is 0 Å². The highest BCUT2D eigenvalue weighted by atomic mass is 35.5. The van der Waals surface area contributed by atoms with Crippen molar-refractivity contribution in [1.82, 2.24) is 9.73 Å². The molecule has 1 saturated heterocycles. The molecule has 0 bridgehead atoms. The summed E-state index contributed by atoms with van der Waals surface area (Å²) in [7, 11) is -3.60. The summed E-state index contributed by atoms with van der Waals surface area (Å²) < 4.78 is 27.0. The van der Waals surface area contributed by atoms with Gasteiger partial charge in [-0.2, -0.15) is 9.41 Å². The number of amides is 1. The van der Waals surface area contributed by atoms with Crippen LogP contribution in [-0.4, -0.2) is 37.9 Å². The molecular weight excluding hydrogens is 421 g/mol. The van der Waals surface area contributed by atoms with Crippen molar-refractivity contribution >= 4 is 45.3 Å². The maximum absolute atomic E-state index is 12.8. The lowest BCUT2D eigenvalue weighted by Crippen LogP contribution is -2.35. The Kier molecular flexibility index (Phi) is 6.72. The largest absolute Gasteiger partial charge is 0.271 e. The fourth-order valence-electron chi connectivity index (χ4n) is 2.87. The molecule has 9 heteroatoms. The Hall–Kier alpha value is -1.93. The Labute approximate surface area is 174 Å². The van der Waals surface area contributed by atoms with Crippen molar-refractivity contribution in [1.29, 1.82) is 0 Å². The van der Waals surface area contributed by atoms with Crippen LogP contribution >= 0.6 is 23.2 Å². The van der Waals surface area contributed by atoms with Gasteiger partial charge in [0.1, 0.15) is 0 Å². The lowest BCUT2D eigenvalue weighted by atomic mass is 10.2. The average Bonchev–Trinajstić information content (AvgIpc) is 2.71. The molecule has 1 aliphatic rings. The van der Waals surface area contributed by atoms with Gasteiger partial charge in [-0.15, -0.1) is 0 Å². The normalized spacial score (nSPS) is 15.6. The number of carbonyl (C=O) groups excluding carboxylic acids is 1. The van der Waals surface area contributed by atoms with Crippen molar-refractivity contribution in [3.63, 3.8) is 0 Å². The number of nitrogens with one attached hydrogen (secondary N) is 1. The van der Waals surface area contributed by atoms with E-state index in [1.54, 1.807) is 30.3 Å². The molecule has 2 aromatic rings. The highest BCUT2D eigenvalue weighted by molar-refractivity contribution is 7.89. The fraction of sp³-hybridized carbons (Fsp3) is 0.263. The lowest BCUT2D eigenvalue weighted by molar-refractivity contribution is 0.0955. The zero-order valence-electron chi connectivity index (χ0n) is 14.9. The van der Waals surface area contributed by atoms with Crippen molar-refractivity contribution < 1.29 is 13.2 Å². The van der Waals surface area contributed by atoms with Gasteiger partial charge in [-0.05, 0) is 48.7 Å². The van der Waals surface area contributed by atoms with Crippen LogP contribution in [0.4, 0.5) is 0 Å². The predicted molar refractivity (Wildman–Crippen MR) is 111 cm³/mol. The summed E-state index contributed by atoms with van der Waals surface area (Å²) >= 11 is 11.8. The number of hydrogen-bond acceptors (Lipinski definition) is 4. The summed E-state index contributed by atoms with van der Waals surface area (Å²) in [5.74, 6) is -0.507. The topological polar surface area (TPSA) is 78.8 Å². The summed E-state index contributed by atoms with van der Waals surface area (Å²) in [6.07, 6.45) is 4.16. The summed E-state index contributed by atoms with van der Waals surface area (Å²) in [5, 5.41) is 4.69. The van der Waals surface area contributed by atoms with E-state index in [-0.39, 0.29) is 10.5 Å². The molecule has 1 amide bonds. The molecule has 1 aliphatic heterocycles. The Morgan fingerprint density at radius 1 is 1.04 bits per heavy atom. The standard InChI is InChI=1S/C19H19Cl2N3O3S/c20-17-8-7-14(11-18(17)21)13-22-23-19(25)15-5-4-6-16(12-15)28(26,27)24-9-2-1-3-10-24/h4-8,11-13H,1-3,9-10H2,(H,23,25). The molecule has 1 heterocycles. The van der Waals surface area contributed by atoms with Gasteiger partial charge in [-0.1, -0.05) is 41.8 Å². The highest BCUT2D eigenvalue weighted by Gasteiger charge is 2.26. The van der Waals surface area contributed by atoms with Crippen LogP contribution < -0.4 is 5.43 Å². The van der Waals surface area contributed by atoms with Crippen LogP contribution in [0.5, 0.6) is 0 Å². The maximum atomic E-state index is 12.8. The van der Waals surface area contributed by atoms with Crippen molar-refractivity contribution in [2.24, 2.45) is 5.10 Å². The zero-order chi connectivity index (χ0) is 20.1. The Balaban J connectivity index is 1.71. The van der Waals surface area contributed by atoms with E-state index in [2.05, 4.69) is 10.5 Å². The van der Waals surface area contributed by atoms with Crippen molar-refractivity contribution in [2.75, 3.05) is 13.1 Å². The first kappa shape index (κ1) is 20.8. The van der Waals surface area contributed by atoms with Crippen molar-refractivity contribution in [3.8, 4) is 0 Å². The SMILES string of the molecule is O=C(NN=Cc1ccc(Cl)c(Cl)c1)c1cccc(S(=O)(=O)N2CCCCC2)c1. The van der Waals surface area contributed by atoms with Gasteiger partial charge in [-0.3, -0.25) is 4.79 Å². The molecule has 2 aromatic carbocycles. The first-order chi connectivity index (χ1) is 13.4. The Bertz CT molecular complexity index is 1000. The molecule has 1 N–H and O–H groups in total. The third-order valence-electron chi connectivity index (χ3n) is 4.37. The van der Waals surface area contributed by atoms with E-state index in [0.29, 0.717) is 28.7 Å². The number of sulfonamides is 1. The van der Waals surface area contributed by atoms with Crippen LogP contribution in [0.1, 0.15) is 35.2 Å². The summed E-state index contributed by atoms with van der Waals surface area (Å²) in [6, 6.07) is 10.9. The number of nitrogens with zero attached hydrogens (tertiary/aromatic N) is 2. The number of rotatable bonds is 5. The molecule has 0 radical (unpaired) electrons. The van der Waals surface area contributed by atoms with Gasteiger partial charge in [0.05, 0.1) is 21.2 Å². The van der Waals surface area contributed by atoms with Crippen LogP contribution in [0.3, 0.4) is 0 Å². The van der Waals surface area contributed by atoms with Crippen LogP contribution in [-0.2, 0) is 10.0 Å². The first-order valence-corrected chi connectivity index (χ1v) is 11.0. The molecule has 0 spiro atoms. The van der Waals surface area contributed by atoms with Crippen LogP contribution in [0.15, 0.2) is 52.5 Å². The minimum atomic E-state index is -3.60. The molecule has 3 rings (SSSR count). The second-order valence-electron chi connectivity index (χ2n) is 6.37. The Morgan fingerprint density at radius 3 is 2.50 bits per heavy atom. The van der Waals surface area contributed by atoms with Gasteiger partial charge in [0.2, 0.25) is 10.0 Å². The second-order valence-corrected chi connectivity index (χ2v) is 9.12. The third-order valence-corrected chi connectivity index (χ3v) is 7.01. The van der Waals surface area contributed by atoms with E-state index in [0.717, 1.165) is 19.3 Å². The minimum absolute atomic E-state index is 0.107.